The number of aryl methyl sites for hydroxylation is 2. The molecule has 0 fully saturated rings. The molecule has 1 atom stereocenters. The number of benzene rings is 3. The molecule has 4 rings (SSSR count). The number of ketones is 1. The van der Waals surface area contributed by atoms with Gasteiger partial charge in [-0.1, -0.05) is 89.6 Å². The van der Waals surface area contributed by atoms with Crippen LogP contribution in [0.2, 0.25) is 0 Å². The number of hydrogen-bond acceptors (Lipinski definition) is 5. The number of nitrogens with zero attached hydrogens (tertiary/aromatic N) is 4. The summed E-state index contributed by atoms with van der Waals surface area (Å²) in [6.45, 7) is 4.04. The van der Waals surface area contributed by atoms with Gasteiger partial charge in [0.1, 0.15) is 5.25 Å². The Kier molecular flexibility index (Phi) is 5.53. The number of tetrazole rings is 1. The Balaban J connectivity index is 1.72. The highest BCUT2D eigenvalue weighted by Crippen LogP contribution is 2.37. The second-order valence-corrected chi connectivity index (χ2v) is 7.92. The van der Waals surface area contributed by atoms with Gasteiger partial charge in [-0.25, -0.2) is 0 Å². The molecule has 4 aromatic rings. The smallest absolute Gasteiger partial charge is 0.215 e. The molecule has 0 spiro atoms. The van der Waals surface area contributed by atoms with Crippen LogP contribution in [0, 0.1) is 13.8 Å². The lowest BCUT2D eigenvalue weighted by atomic mass is 10.0. The first-order chi connectivity index (χ1) is 14.1. The monoisotopic (exact) mass is 400 g/mol. The third-order valence-electron chi connectivity index (χ3n) is 4.62. The lowest BCUT2D eigenvalue weighted by molar-refractivity contribution is 0.0989. The number of Topliss-reactive ketones (excluding diaryl/α,β-unsaturated/α-hetero) is 1. The van der Waals surface area contributed by atoms with Gasteiger partial charge < -0.3 is 0 Å². The molecule has 0 aliphatic carbocycles. The van der Waals surface area contributed by atoms with Gasteiger partial charge in [-0.3, -0.25) is 4.79 Å². The topological polar surface area (TPSA) is 60.7 Å². The van der Waals surface area contributed by atoms with Crippen LogP contribution in [0.4, 0.5) is 0 Å². The number of hydrogen-bond donors (Lipinski definition) is 0. The van der Waals surface area contributed by atoms with E-state index in [0.29, 0.717) is 10.7 Å². The van der Waals surface area contributed by atoms with Crippen molar-refractivity contribution >= 4 is 17.5 Å². The van der Waals surface area contributed by atoms with E-state index < -0.39 is 5.25 Å². The second-order valence-electron chi connectivity index (χ2n) is 6.85. The summed E-state index contributed by atoms with van der Waals surface area (Å²) >= 11 is 1.36. The third kappa shape index (κ3) is 4.27. The van der Waals surface area contributed by atoms with Crippen LogP contribution in [0.25, 0.3) is 5.69 Å². The number of carbonyl (C=O) groups is 1. The van der Waals surface area contributed by atoms with Crippen molar-refractivity contribution < 1.29 is 4.79 Å². The van der Waals surface area contributed by atoms with Gasteiger partial charge in [0.05, 0.1) is 5.69 Å². The predicted molar refractivity (Wildman–Crippen MR) is 114 cm³/mol. The summed E-state index contributed by atoms with van der Waals surface area (Å²) in [6.07, 6.45) is 0. The van der Waals surface area contributed by atoms with E-state index >= 15 is 0 Å². The maximum atomic E-state index is 13.4. The Morgan fingerprint density at radius 2 is 1.48 bits per heavy atom. The van der Waals surface area contributed by atoms with E-state index in [1.165, 1.54) is 11.8 Å². The van der Waals surface area contributed by atoms with E-state index in [2.05, 4.69) is 15.5 Å². The highest BCUT2D eigenvalue weighted by atomic mass is 32.2. The number of carbonyl (C=O) groups excluding carboxylic acids is 1. The van der Waals surface area contributed by atoms with Crippen molar-refractivity contribution in [2.24, 2.45) is 0 Å². The molecule has 1 heterocycles. The van der Waals surface area contributed by atoms with Crippen LogP contribution in [0.5, 0.6) is 0 Å². The second kappa shape index (κ2) is 8.41. The van der Waals surface area contributed by atoms with Gasteiger partial charge >= 0.3 is 0 Å². The Hall–Kier alpha value is -3.25. The van der Waals surface area contributed by atoms with Crippen molar-refractivity contribution in [1.82, 2.24) is 20.2 Å². The molecular formula is C23H20N4OS. The number of thioether (sulfide) groups is 1. The van der Waals surface area contributed by atoms with Crippen LogP contribution >= 0.6 is 11.8 Å². The molecule has 144 valence electrons. The Morgan fingerprint density at radius 1 is 0.862 bits per heavy atom. The van der Waals surface area contributed by atoms with Crippen LogP contribution in [-0.2, 0) is 0 Å². The number of aromatic nitrogens is 4. The zero-order valence-electron chi connectivity index (χ0n) is 16.2. The summed E-state index contributed by atoms with van der Waals surface area (Å²) < 4.78 is 1.66. The van der Waals surface area contributed by atoms with Crippen LogP contribution in [0.1, 0.15) is 32.3 Å². The molecule has 0 saturated carbocycles. The van der Waals surface area contributed by atoms with Crippen LogP contribution in [0.3, 0.4) is 0 Å². The maximum absolute atomic E-state index is 13.4. The Labute approximate surface area is 173 Å². The van der Waals surface area contributed by atoms with Gasteiger partial charge in [0.25, 0.3) is 0 Å². The van der Waals surface area contributed by atoms with Crippen LogP contribution < -0.4 is 0 Å². The minimum atomic E-state index is -0.452. The first-order valence-corrected chi connectivity index (χ1v) is 10.2. The normalized spacial score (nSPS) is 11.9. The standard InChI is InChI=1S/C23H20N4OS/c1-16-8-12-18(13-9-16)21(28)22(19-14-10-17(2)11-15-19)29-23-24-25-26-27(23)20-6-4-3-5-7-20/h3-15,22H,1-2H3/t22-/m0/s1. The van der Waals surface area contributed by atoms with Gasteiger partial charge in [0, 0.05) is 5.56 Å². The van der Waals surface area contributed by atoms with Crippen molar-refractivity contribution in [1.29, 1.82) is 0 Å². The molecule has 0 amide bonds. The largest absolute Gasteiger partial charge is 0.293 e. The minimum Gasteiger partial charge on any atom is -0.293 e. The molecule has 0 radical (unpaired) electrons. The van der Waals surface area contributed by atoms with Crippen molar-refractivity contribution in [3.05, 3.63) is 101 Å². The van der Waals surface area contributed by atoms with E-state index in [-0.39, 0.29) is 5.78 Å². The molecule has 0 aliphatic rings. The summed E-state index contributed by atoms with van der Waals surface area (Å²) in [6, 6.07) is 25.4. The van der Waals surface area contributed by atoms with E-state index in [1.807, 2.05) is 92.7 Å². The van der Waals surface area contributed by atoms with Crippen LogP contribution in [-0.4, -0.2) is 26.0 Å². The zero-order valence-corrected chi connectivity index (χ0v) is 17.0. The summed E-state index contributed by atoms with van der Waals surface area (Å²) in [4.78, 5) is 13.4. The Morgan fingerprint density at radius 3 is 2.14 bits per heavy atom. The molecular weight excluding hydrogens is 380 g/mol. The van der Waals surface area contributed by atoms with Gasteiger partial charge in [0.2, 0.25) is 5.16 Å². The molecule has 0 bridgehead atoms. The minimum absolute atomic E-state index is 0.0291. The molecule has 0 saturated heterocycles. The molecule has 0 N–H and O–H groups in total. The molecule has 0 aliphatic heterocycles. The highest BCUT2D eigenvalue weighted by Gasteiger charge is 2.26. The Bertz CT molecular complexity index is 1110. The highest BCUT2D eigenvalue weighted by molar-refractivity contribution is 8.00. The quantitative estimate of drug-likeness (QED) is 0.337. The molecule has 6 heteroatoms. The van der Waals surface area contributed by atoms with Gasteiger partial charge in [-0.05, 0) is 42.0 Å². The number of para-hydroxylation sites is 1. The van der Waals surface area contributed by atoms with Crippen molar-refractivity contribution in [3.8, 4) is 5.69 Å². The van der Waals surface area contributed by atoms with Crippen molar-refractivity contribution in [3.63, 3.8) is 0 Å². The average molecular weight is 401 g/mol. The summed E-state index contributed by atoms with van der Waals surface area (Å²) in [5, 5.41) is 12.2. The van der Waals surface area contributed by atoms with Crippen LogP contribution in [0.15, 0.2) is 84.0 Å². The molecule has 0 unspecified atom stereocenters. The first-order valence-electron chi connectivity index (χ1n) is 9.30. The van der Waals surface area contributed by atoms with Gasteiger partial charge in [-0.2, -0.15) is 4.68 Å². The fourth-order valence-electron chi connectivity index (χ4n) is 2.97. The van der Waals surface area contributed by atoms with E-state index in [4.69, 9.17) is 0 Å². The van der Waals surface area contributed by atoms with E-state index in [9.17, 15) is 4.79 Å². The molecule has 1 aromatic heterocycles. The van der Waals surface area contributed by atoms with E-state index in [1.54, 1.807) is 4.68 Å². The summed E-state index contributed by atoms with van der Waals surface area (Å²) in [7, 11) is 0. The average Bonchev–Trinajstić information content (AvgIpc) is 3.22. The zero-order chi connectivity index (χ0) is 20.2. The molecule has 29 heavy (non-hydrogen) atoms. The fourth-order valence-corrected chi connectivity index (χ4v) is 4.05. The van der Waals surface area contributed by atoms with Gasteiger partial charge in [0.15, 0.2) is 5.78 Å². The van der Waals surface area contributed by atoms with E-state index in [0.717, 1.165) is 22.4 Å². The lowest BCUT2D eigenvalue weighted by Crippen LogP contribution is -2.11. The number of rotatable bonds is 6. The third-order valence-corrected chi connectivity index (χ3v) is 5.81. The lowest BCUT2D eigenvalue weighted by Gasteiger charge is -2.16. The molecule has 3 aromatic carbocycles. The molecule has 5 nitrogen and oxygen atoms in total. The fraction of sp³-hybridized carbons (Fsp3) is 0.130. The van der Waals surface area contributed by atoms with Gasteiger partial charge in [-0.15, -0.1) is 5.10 Å². The first kappa shape index (κ1) is 19.1. The summed E-state index contributed by atoms with van der Waals surface area (Å²) in [5.74, 6) is 0.0291. The van der Waals surface area contributed by atoms with Crippen molar-refractivity contribution in [2.45, 2.75) is 24.3 Å². The van der Waals surface area contributed by atoms with Crippen molar-refractivity contribution in [2.75, 3.05) is 0 Å². The maximum Gasteiger partial charge on any atom is 0.215 e. The SMILES string of the molecule is Cc1ccc(C(=O)[C@@H](Sc2nnnn2-c2ccccc2)c2ccc(C)cc2)cc1. The predicted octanol–water partition coefficient (Wildman–Crippen LogP) is 5.00. The summed E-state index contributed by atoms with van der Waals surface area (Å²) in [5.41, 5.74) is 4.72.